The molecule has 8 heteroatoms. The minimum absolute atomic E-state index is 0.345. The number of H-pyrrole nitrogens is 1. The lowest BCUT2D eigenvalue weighted by atomic mass is 10.0. The Morgan fingerprint density at radius 1 is 1.06 bits per heavy atom. The summed E-state index contributed by atoms with van der Waals surface area (Å²) in [5, 5.41) is 6.85. The average Bonchev–Trinajstić information content (AvgIpc) is 3.19. The summed E-state index contributed by atoms with van der Waals surface area (Å²) in [4.78, 5) is 31.7. The quantitative estimate of drug-likeness (QED) is 0.226. The maximum atomic E-state index is 12.6. The fourth-order valence-corrected chi connectivity index (χ4v) is 4.15. The molecule has 0 aliphatic carbocycles. The minimum atomic E-state index is -0.484. The van der Waals surface area contributed by atoms with E-state index in [4.69, 9.17) is 0 Å². The molecule has 0 spiro atoms. The van der Waals surface area contributed by atoms with Crippen LogP contribution in [0, 0.1) is 0 Å². The third kappa shape index (κ3) is 4.60. The first kappa shape index (κ1) is 22.5. The number of unbranched alkanes of at least 4 members (excludes halogenated alkanes) is 4. The molecule has 0 amide bonds. The van der Waals surface area contributed by atoms with E-state index in [-0.39, 0.29) is 0 Å². The van der Waals surface area contributed by atoms with Crippen molar-refractivity contribution in [1.29, 1.82) is 0 Å². The van der Waals surface area contributed by atoms with Gasteiger partial charge in [-0.05, 0) is 24.1 Å². The van der Waals surface area contributed by atoms with Gasteiger partial charge in [-0.25, -0.2) is 10.2 Å². The van der Waals surface area contributed by atoms with Gasteiger partial charge in [-0.3, -0.25) is 14.3 Å². The van der Waals surface area contributed by atoms with Gasteiger partial charge in [-0.1, -0.05) is 75.1 Å². The van der Waals surface area contributed by atoms with Crippen molar-refractivity contribution in [2.24, 2.45) is 12.1 Å². The van der Waals surface area contributed by atoms with Crippen LogP contribution in [0.2, 0.25) is 0 Å². The van der Waals surface area contributed by atoms with Gasteiger partial charge in [0.1, 0.15) is 0 Å². The van der Waals surface area contributed by atoms with Crippen LogP contribution in [0.5, 0.6) is 0 Å². The molecule has 2 aromatic carbocycles. The van der Waals surface area contributed by atoms with Crippen molar-refractivity contribution in [1.82, 2.24) is 19.1 Å². The summed E-state index contributed by atoms with van der Waals surface area (Å²) >= 11 is 0. The van der Waals surface area contributed by atoms with E-state index in [1.807, 2.05) is 35.8 Å². The summed E-state index contributed by atoms with van der Waals surface area (Å²) < 4.78 is 3.19. The molecule has 33 heavy (non-hydrogen) atoms. The third-order valence-electron chi connectivity index (χ3n) is 6.00. The fraction of sp³-hybridized carbons (Fsp3) is 0.360. The Morgan fingerprint density at radius 3 is 2.64 bits per heavy atom. The van der Waals surface area contributed by atoms with Crippen LogP contribution in [0.4, 0.5) is 5.95 Å². The molecule has 2 aromatic heterocycles. The Labute approximate surface area is 192 Å². The van der Waals surface area contributed by atoms with Crippen molar-refractivity contribution in [2.45, 2.75) is 52.5 Å². The van der Waals surface area contributed by atoms with Crippen LogP contribution < -0.4 is 16.7 Å². The number of hydrogen-bond acceptors (Lipinski definition) is 5. The van der Waals surface area contributed by atoms with E-state index in [0.29, 0.717) is 23.7 Å². The lowest BCUT2D eigenvalue weighted by Gasteiger charge is -2.10. The summed E-state index contributed by atoms with van der Waals surface area (Å²) in [5.74, 6) is 0.451. The molecule has 0 aliphatic heterocycles. The Morgan fingerprint density at radius 2 is 1.82 bits per heavy atom. The summed E-state index contributed by atoms with van der Waals surface area (Å²) in [6, 6.07) is 14.3. The molecule has 2 heterocycles. The summed E-state index contributed by atoms with van der Waals surface area (Å²) in [6.07, 6.45) is 5.49. The van der Waals surface area contributed by atoms with Crippen LogP contribution in [0.25, 0.3) is 21.9 Å². The predicted octanol–water partition coefficient (Wildman–Crippen LogP) is 4.38. The Hall–Kier alpha value is -3.68. The number of nitrogens with zero attached hydrogens (tertiary/aromatic N) is 4. The van der Waals surface area contributed by atoms with Crippen LogP contribution in [0.3, 0.4) is 0 Å². The van der Waals surface area contributed by atoms with E-state index in [2.05, 4.69) is 45.6 Å². The number of hydrogen-bond donors (Lipinski definition) is 2. The topological polar surface area (TPSA) is 97.1 Å². The van der Waals surface area contributed by atoms with Gasteiger partial charge in [0.15, 0.2) is 11.2 Å². The minimum Gasteiger partial charge on any atom is -0.303 e. The van der Waals surface area contributed by atoms with Gasteiger partial charge >= 0.3 is 5.69 Å². The SMILES string of the molecule is CCCCCCCn1c(N/N=C(/C)c2cccc3ccccc23)nc2c1c(=O)[nH]c(=O)n2C. The number of aromatic nitrogens is 4. The second kappa shape index (κ2) is 9.85. The van der Waals surface area contributed by atoms with Gasteiger partial charge in [0, 0.05) is 19.2 Å². The lowest BCUT2D eigenvalue weighted by molar-refractivity contribution is 0.577. The largest absolute Gasteiger partial charge is 0.329 e. The van der Waals surface area contributed by atoms with Gasteiger partial charge < -0.3 is 4.57 Å². The van der Waals surface area contributed by atoms with Gasteiger partial charge in [0.2, 0.25) is 5.95 Å². The van der Waals surface area contributed by atoms with E-state index in [1.165, 1.54) is 17.4 Å². The Bertz CT molecular complexity index is 1420. The Balaban J connectivity index is 1.70. The molecule has 0 unspecified atom stereocenters. The van der Waals surface area contributed by atoms with Crippen LogP contribution in [0.1, 0.15) is 51.5 Å². The molecule has 0 saturated heterocycles. The number of rotatable bonds is 9. The molecular weight excluding hydrogens is 416 g/mol. The molecule has 0 atom stereocenters. The number of fused-ring (bicyclic) bond motifs is 2. The van der Waals surface area contributed by atoms with Crippen molar-refractivity contribution < 1.29 is 0 Å². The average molecular weight is 447 g/mol. The predicted molar refractivity (Wildman–Crippen MR) is 134 cm³/mol. The smallest absolute Gasteiger partial charge is 0.303 e. The molecule has 4 aromatic rings. The van der Waals surface area contributed by atoms with Gasteiger partial charge in [-0.2, -0.15) is 10.1 Å². The molecule has 4 rings (SSSR count). The van der Waals surface area contributed by atoms with Crippen LogP contribution in [-0.4, -0.2) is 24.8 Å². The van der Waals surface area contributed by atoms with Crippen molar-refractivity contribution in [3.05, 3.63) is 68.9 Å². The highest BCUT2D eigenvalue weighted by atomic mass is 16.2. The maximum absolute atomic E-state index is 12.6. The van der Waals surface area contributed by atoms with Crippen molar-refractivity contribution in [3.8, 4) is 0 Å². The number of anilines is 1. The molecule has 0 aliphatic rings. The lowest BCUT2D eigenvalue weighted by Crippen LogP contribution is -2.29. The number of hydrazone groups is 1. The van der Waals surface area contributed by atoms with Crippen LogP contribution >= 0.6 is 0 Å². The highest BCUT2D eigenvalue weighted by molar-refractivity contribution is 6.09. The third-order valence-corrected chi connectivity index (χ3v) is 6.00. The normalized spacial score (nSPS) is 12.0. The van der Waals surface area contributed by atoms with E-state index in [0.717, 1.165) is 41.3 Å². The first-order chi connectivity index (χ1) is 16.0. The standard InChI is InChI=1S/C25H30N6O2/c1-4-5-6-7-10-16-31-21-22(30(3)25(33)27-23(21)32)26-24(31)29-28-17(2)19-15-11-13-18-12-8-9-14-20(18)19/h8-9,11-15H,4-7,10,16H2,1-3H3,(H,26,29)(H,27,32,33)/b28-17-. The summed E-state index contributed by atoms with van der Waals surface area (Å²) in [7, 11) is 1.60. The van der Waals surface area contributed by atoms with Gasteiger partial charge in [0.05, 0.1) is 5.71 Å². The molecule has 172 valence electrons. The van der Waals surface area contributed by atoms with Gasteiger partial charge in [0.25, 0.3) is 5.56 Å². The van der Waals surface area contributed by atoms with E-state index >= 15 is 0 Å². The number of benzene rings is 2. The highest BCUT2D eigenvalue weighted by Crippen LogP contribution is 2.21. The van der Waals surface area contributed by atoms with Crippen molar-refractivity contribution >= 4 is 33.6 Å². The van der Waals surface area contributed by atoms with Crippen LogP contribution in [-0.2, 0) is 13.6 Å². The molecule has 2 N–H and O–H groups in total. The molecule has 0 fully saturated rings. The second-order valence-electron chi connectivity index (χ2n) is 8.33. The van der Waals surface area contributed by atoms with E-state index in [1.54, 1.807) is 7.05 Å². The zero-order valence-corrected chi connectivity index (χ0v) is 19.4. The van der Waals surface area contributed by atoms with E-state index in [9.17, 15) is 9.59 Å². The molecule has 0 radical (unpaired) electrons. The van der Waals surface area contributed by atoms with Gasteiger partial charge in [-0.15, -0.1) is 0 Å². The monoisotopic (exact) mass is 446 g/mol. The number of aryl methyl sites for hydroxylation is 2. The zero-order valence-electron chi connectivity index (χ0n) is 19.4. The fourth-order valence-electron chi connectivity index (χ4n) is 4.15. The molecule has 0 saturated carbocycles. The highest BCUT2D eigenvalue weighted by Gasteiger charge is 2.17. The number of imidazole rings is 1. The van der Waals surface area contributed by atoms with E-state index < -0.39 is 11.2 Å². The van der Waals surface area contributed by atoms with Crippen molar-refractivity contribution in [2.75, 3.05) is 5.43 Å². The maximum Gasteiger partial charge on any atom is 0.329 e. The second-order valence-corrected chi connectivity index (χ2v) is 8.33. The Kier molecular flexibility index (Phi) is 6.72. The summed E-state index contributed by atoms with van der Waals surface area (Å²) in [5.41, 5.74) is 4.70. The van der Waals surface area contributed by atoms with Crippen LogP contribution in [0.15, 0.2) is 57.2 Å². The van der Waals surface area contributed by atoms with Crippen molar-refractivity contribution in [3.63, 3.8) is 0 Å². The number of nitrogens with one attached hydrogen (secondary N) is 2. The molecule has 0 bridgehead atoms. The molecule has 8 nitrogen and oxygen atoms in total. The summed E-state index contributed by atoms with van der Waals surface area (Å²) in [6.45, 7) is 4.74. The zero-order chi connectivity index (χ0) is 23.4. The number of aromatic amines is 1. The molecular formula is C25H30N6O2. The first-order valence-corrected chi connectivity index (χ1v) is 11.5. The first-order valence-electron chi connectivity index (χ1n) is 11.5.